The zero-order chi connectivity index (χ0) is 22.4. The molecule has 166 valence electrons. The Morgan fingerprint density at radius 3 is 2.39 bits per heavy atom. The van der Waals surface area contributed by atoms with Gasteiger partial charge in [0.1, 0.15) is 16.7 Å². The van der Waals surface area contributed by atoms with Gasteiger partial charge < -0.3 is 11.6 Å². The minimum Gasteiger partial charge on any atom is -0.380 e. The summed E-state index contributed by atoms with van der Waals surface area (Å²) in [6.07, 6.45) is 6.32. The number of amidine groups is 1. The van der Waals surface area contributed by atoms with Gasteiger partial charge in [0, 0.05) is 18.5 Å². The van der Waals surface area contributed by atoms with E-state index >= 15 is 0 Å². The lowest BCUT2D eigenvalue weighted by Gasteiger charge is -2.12. The molecular formula is C22H29Cl2N7. The summed E-state index contributed by atoms with van der Waals surface area (Å²) in [5.41, 5.74) is 8.32. The van der Waals surface area contributed by atoms with E-state index in [1.54, 1.807) is 10.6 Å². The van der Waals surface area contributed by atoms with Gasteiger partial charge >= 0.3 is 0 Å². The molecule has 0 aliphatic heterocycles. The number of aryl methyl sites for hydroxylation is 2. The van der Waals surface area contributed by atoms with Crippen LogP contribution in [-0.4, -0.2) is 25.2 Å². The second-order valence-corrected chi connectivity index (χ2v) is 8.28. The Balaban J connectivity index is 1.86. The summed E-state index contributed by atoms with van der Waals surface area (Å²) < 4.78 is 3.75. The fourth-order valence-electron chi connectivity index (χ4n) is 3.44. The van der Waals surface area contributed by atoms with Crippen molar-refractivity contribution in [2.75, 3.05) is 0 Å². The minimum atomic E-state index is 0.115. The molecule has 31 heavy (non-hydrogen) atoms. The Morgan fingerprint density at radius 1 is 1.06 bits per heavy atom. The number of hydrogen-bond acceptors (Lipinski definition) is 4. The molecule has 0 radical (unpaired) electrons. The Hall–Kier alpha value is -2.51. The third-order valence-corrected chi connectivity index (χ3v) is 5.68. The maximum Gasteiger partial charge on any atom is 0.168 e. The van der Waals surface area contributed by atoms with Gasteiger partial charge in [0.2, 0.25) is 0 Å². The molecule has 4 N–H and O–H groups in total. The lowest BCUT2D eigenvalue weighted by molar-refractivity contribution is 0.612. The third-order valence-electron chi connectivity index (χ3n) is 5.12. The highest BCUT2D eigenvalue weighted by molar-refractivity contribution is 6.37. The number of hydrogen-bond donors (Lipinski definition) is 2. The smallest absolute Gasteiger partial charge is 0.168 e. The quantitative estimate of drug-likeness (QED) is 0.198. The number of hydrazone groups is 1. The number of aromatic nitrogens is 4. The number of benzene rings is 1. The summed E-state index contributed by atoms with van der Waals surface area (Å²) >= 11 is 12.6. The molecular weight excluding hydrogens is 433 g/mol. The highest BCUT2D eigenvalue weighted by atomic mass is 35.5. The molecule has 3 rings (SSSR count). The van der Waals surface area contributed by atoms with E-state index in [0.717, 1.165) is 61.4 Å². The summed E-state index contributed by atoms with van der Waals surface area (Å²) in [5.74, 6) is 7.45. The number of rotatable bonds is 10. The first-order chi connectivity index (χ1) is 15.0. The molecule has 0 aliphatic carbocycles. The molecule has 7 nitrogen and oxygen atoms in total. The van der Waals surface area contributed by atoms with E-state index in [0.29, 0.717) is 22.4 Å². The highest BCUT2D eigenvalue weighted by Gasteiger charge is 2.18. The molecule has 0 saturated heterocycles. The standard InChI is InChI=1S/C22H29Cl2N7/c1-3-5-7-19-27-20(8-6-4-2)30(29-19)14-15-9-11-16(12-10-15)31-18(24)13-17(23)21(31)22(25)28-26/h9-13H,3-8,14,26H2,1-2H3,(H2,25,28). The first kappa shape index (κ1) is 23.2. The second-order valence-electron chi connectivity index (χ2n) is 7.49. The Morgan fingerprint density at radius 2 is 1.74 bits per heavy atom. The summed E-state index contributed by atoms with van der Waals surface area (Å²) in [6, 6.07) is 9.63. The summed E-state index contributed by atoms with van der Waals surface area (Å²) in [4.78, 5) is 4.78. The maximum atomic E-state index is 6.37. The Kier molecular flexibility index (Phi) is 7.98. The SMILES string of the molecule is CCCCc1nc(CCCC)n(Cc2ccc(-n3c(Cl)cc(Cl)c3/C(N)=N/N)cc2)n1. The average molecular weight is 462 g/mol. The van der Waals surface area contributed by atoms with E-state index < -0.39 is 0 Å². The zero-order valence-corrected chi connectivity index (χ0v) is 19.5. The Labute approximate surface area is 193 Å². The van der Waals surface area contributed by atoms with Gasteiger partial charge in [-0.25, -0.2) is 9.67 Å². The molecule has 0 amide bonds. The predicted octanol–water partition coefficient (Wildman–Crippen LogP) is 4.69. The van der Waals surface area contributed by atoms with Crippen molar-refractivity contribution in [2.24, 2.45) is 16.7 Å². The third kappa shape index (κ3) is 5.40. The van der Waals surface area contributed by atoms with Gasteiger partial charge in [0.15, 0.2) is 11.7 Å². The van der Waals surface area contributed by atoms with Crippen molar-refractivity contribution < 1.29 is 0 Å². The fraction of sp³-hybridized carbons (Fsp3) is 0.409. The molecule has 0 bridgehead atoms. The second kappa shape index (κ2) is 10.7. The van der Waals surface area contributed by atoms with Gasteiger partial charge in [-0.2, -0.15) is 10.2 Å². The van der Waals surface area contributed by atoms with E-state index in [1.165, 1.54) is 0 Å². The molecule has 0 atom stereocenters. The van der Waals surface area contributed by atoms with Gasteiger partial charge in [0.05, 0.1) is 11.6 Å². The summed E-state index contributed by atoms with van der Waals surface area (Å²) in [7, 11) is 0. The van der Waals surface area contributed by atoms with Crippen LogP contribution in [0.2, 0.25) is 10.2 Å². The van der Waals surface area contributed by atoms with Crippen molar-refractivity contribution in [3.63, 3.8) is 0 Å². The molecule has 0 spiro atoms. The lowest BCUT2D eigenvalue weighted by Crippen LogP contribution is -2.20. The molecule has 2 heterocycles. The molecule has 0 saturated carbocycles. The molecule has 2 aromatic heterocycles. The van der Waals surface area contributed by atoms with Gasteiger partial charge in [-0.15, -0.1) is 0 Å². The lowest BCUT2D eigenvalue weighted by atomic mass is 10.2. The van der Waals surface area contributed by atoms with Crippen LogP contribution in [0.15, 0.2) is 35.4 Å². The summed E-state index contributed by atoms with van der Waals surface area (Å²) in [6.45, 7) is 5.03. The largest absolute Gasteiger partial charge is 0.380 e. The van der Waals surface area contributed by atoms with Crippen LogP contribution in [0.5, 0.6) is 0 Å². The van der Waals surface area contributed by atoms with Gasteiger partial charge in [-0.3, -0.25) is 4.57 Å². The first-order valence-corrected chi connectivity index (χ1v) is 11.4. The maximum absolute atomic E-state index is 6.37. The molecule has 0 fully saturated rings. The summed E-state index contributed by atoms with van der Waals surface area (Å²) in [5, 5.41) is 9.14. The van der Waals surface area contributed by atoms with Crippen molar-refractivity contribution in [1.82, 2.24) is 19.3 Å². The van der Waals surface area contributed by atoms with Gasteiger partial charge in [0.25, 0.3) is 0 Å². The van der Waals surface area contributed by atoms with Crippen LogP contribution >= 0.6 is 23.2 Å². The number of unbranched alkanes of at least 4 members (excludes halogenated alkanes) is 2. The van der Waals surface area contributed by atoms with E-state index in [9.17, 15) is 0 Å². The molecule has 0 unspecified atom stereocenters. The first-order valence-electron chi connectivity index (χ1n) is 10.6. The highest BCUT2D eigenvalue weighted by Crippen LogP contribution is 2.29. The van der Waals surface area contributed by atoms with Crippen molar-refractivity contribution in [2.45, 2.75) is 58.9 Å². The monoisotopic (exact) mass is 461 g/mol. The van der Waals surface area contributed by atoms with Crippen LogP contribution in [0.1, 0.15) is 62.4 Å². The van der Waals surface area contributed by atoms with Crippen molar-refractivity contribution in [3.05, 3.63) is 63.4 Å². The number of nitrogens with zero attached hydrogens (tertiary/aromatic N) is 5. The van der Waals surface area contributed by atoms with E-state index in [2.05, 4.69) is 18.9 Å². The van der Waals surface area contributed by atoms with Crippen LogP contribution in [0.3, 0.4) is 0 Å². The fourth-order valence-corrected chi connectivity index (χ4v) is 4.07. The van der Waals surface area contributed by atoms with Gasteiger partial charge in [-0.05, 0) is 36.6 Å². The van der Waals surface area contributed by atoms with Gasteiger partial charge in [-0.1, -0.05) is 62.0 Å². The predicted molar refractivity (Wildman–Crippen MR) is 127 cm³/mol. The van der Waals surface area contributed by atoms with E-state index in [-0.39, 0.29) is 5.84 Å². The van der Waals surface area contributed by atoms with E-state index in [1.807, 2.05) is 28.9 Å². The van der Waals surface area contributed by atoms with Crippen molar-refractivity contribution in [1.29, 1.82) is 0 Å². The molecule has 3 aromatic rings. The van der Waals surface area contributed by atoms with Crippen molar-refractivity contribution in [3.8, 4) is 5.69 Å². The molecule has 0 aliphatic rings. The van der Waals surface area contributed by atoms with Crippen LogP contribution in [0.4, 0.5) is 0 Å². The van der Waals surface area contributed by atoms with E-state index in [4.69, 9.17) is 44.9 Å². The number of halogens is 2. The van der Waals surface area contributed by atoms with Crippen LogP contribution in [0.25, 0.3) is 5.69 Å². The normalized spacial score (nSPS) is 11.9. The minimum absolute atomic E-state index is 0.115. The van der Waals surface area contributed by atoms with Crippen LogP contribution in [-0.2, 0) is 19.4 Å². The van der Waals surface area contributed by atoms with Crippen molar-refractivity contribution >= 4 is 29.0 Å². The van der Waals surface area contributed by atoms with Crippen LogP contribution in [0, 0.1) is 0 Å². The zero-order valence-electron chi connectivity index (χ0n) is 18.0. The average Bonchev–Trinajstić information content (AvgIpc) is 3.29. The molecule has 9 heteroatoms. The Bertz CT molecular complexity index is 1040. The van der Waals surface area contributed by atoms with Crippen LogP contribution < -0.4 is 11.6 Å². The topological polar surface area (TPSA) is 100 Å². The number of nitrogens with two attached hydrogens (primary N) is 2. The molecule has 1 aromatic carbocycles.